The molecule has 0 bridgehead atoms. The van der Waals surface area contributed by atoms with Gasteiger partial charge in [0, 0.05) is 24.6 Å². The Labute approximate surface area is 158 Å². The highest BCUT2D eigenvalue weighted by Crippen LogP contribution is 2.18. The summed E-state index contributed by atoms with van der Waals surface area (Å²) in [5.41, 5.74) is 0.00309. The summed E-state index contributed by atoms with van der Waals surface area (Å²) in [4.78, 5) is 37.6. The summed E-state index contributed by atoms with van der Waals surface area (Å²) in [6, 6.07) is 4.49. The number of anilines is 1. The molecule has 0 saturated heterocycles. The van der Waals surface area contributed by atoms with Gasteiger partial charge in [-0.25, -0.2) is 18.3 Å². The van der Waals surface area contributed by atoms with Crippen molar-refractivity contribution in [3.8, 4) is 0 Å². The van der Waals surface area contributed by atoms with Gasteiger partial charge in [0.1, 0.15) is 23.9 Å². The van der Waals surface area contributed by atoms with E-state index in [1.165, 1.54) is 17.0 Å². The lowest BCUT2D eigenvalue weighted by Gasteiger charge is -2.27. The first-order valence-corrected chi connectivity index (χ1v) is 8.64. The molecule has 1 aromatic heterocycles. The highest BCUT2D eigenvalue weighted by atomic mass is 19.1. The second-order valence-electron chi connectivity index (χ2n) is 6.13. The summed E-state index contributed by atoms with van der Waals surface area (Å²) < 4.78 is 33.1. The second kappa shape index (κ2) is 8.15. The molecule has 0 fully saturated rings. The van der Waals surface area contributed by atoms with Gasteiger partial charge in [0.2, 0.25) is 5.91 Å². The first kappa shape index (κ1) is 19.5. The van der Waals surface area contributed by atoms with Crippen LogP contribution >= 0.6 is 0 Å². The number of ether oxygens (including phenoxy) is 1. The maximum atomic E-state index is 13.6. The Morgan fingerprint density at radius 2 is 2.00 bits per heavy atom. The lowest BCUT2D eigenvalue weighted by atomic mass is 10.1. The van der Waals surface area contributed by atoms with Gasteiger partial charge in [-0.2, -0.15) is 5.10 Å². The third-order valence-electron chi connectivity index (χ3n) is 4.19. The van der Waals surface area contributed by atoms with E-state index in [1.54, 1.807) is 6.92 Å². The van der Waals surface area contributed by atoms with E-state index in [0.29, 0.717) is 24.2 Å². The third kappa shape index (κ3) is 4.16. The minimum absolute atomic E-state index is 0.184. The minimum atomic E-state index is -0.918. The van der Waals surface area contributed by atoms with Gasteiger partial charge in [0.05, 0.1) is 18.8 Å². The van der Waals surface area contributed by atoms with Crippen molar-refractivity contribution >= 4 is 17.7 Å². The highest BCUT2D eigenvalue weighted by molar-refractivity contribution is 5.90. The molecule has 10 heteroatoms. The van der Waals surface area contributed by atoms with E-state index in [0.717, 1.165) is 16.8 Å². The van der Waals surface area contributed by atoms with Crippen LogP contribution in [0.15, 0.2) is 29.1 Å². The lowest BCUT2D eigenvalue weighted by Crippen LogP contribution is -2.39. The quantitative estimate of drug-likeness (QED) is 0.855. The van der Waals surface area contributed by atoms with E-state index in [2.05, 4.69) is 10.4 Å². The van der Waals surface area contributed by atoms with Gasteiger partial charge in [0.25, 0.3) is 5.56 Å². The molecule has 0 radical (unpaired) electrons. The number of carbonyl (C=O) groups is 2. The molecule has 0 aliphatic carbocycles. The average Bonchev–Trinajstić information content (AvgIpc) is 2.65. The van der Waals surface area contributed by atoms with Crippen molar-refractivity contribution in [1.82, 2.24) is 14.7 Å². The van der Waals surface area contributed by atoms with Crippen molar-refractivity contribution in [3.05, 3.63) is 57.5 Å². The van der Waals surface area contributed by atoms with Crippen LogP contribution in [0.25, 0.3) is 0 Å². The van der Waals surface area contributed by atoms with Crippen molar-refractivity contribution in [1.29, 1.82) is 0 Å². The Hall–Kier alpha value is -3.30. The van der Waals surface area contributed by atoms with Crippen molar-refractivity contribution in [2.75, 3.05) is 18.5 Å². The van der Waals surface area contributed by atoms with Crippen molar-refractivity contribution < 1.29 is 23.1 Å². The highest BCUT2D eigenvalue weighted by Gasteiger charge is 2.24. The number of benzene rings is 1. The maximum Gasteiger partial charge on any atom is 0.410 e. The van der Waals surface area contributed by atoms with Crippen LogP contribution < -0.4 is 10.9 Å². The van der Waals surface area contributed by atoms with Crippen molar-refractivity contribution in [2.45, 2.75) is 26.4 Å². The fraction of sp³-hybridized carbons (Fsp3) is 0.333. The summed E-state index contributed by atoms with van der Waals surface area (Å²) >= 11 is 0. The van der Waals surface area contributed by atoms with Gasteiger partial charge in [-0.3, -0.25) is 9.59 Å². The molecule has 3 rings (SSSR count). The molecular weight excluding hydrogens is 374 g/mol. The van der Waals surface area contributed by atoms with Gasteiger partial charge >= 0.3 is 6.09 Å². The Morgan fingerprint density at radius 3 is 2.68 bits per heavy atom. The fourth-order valence-corrected chi connectivity index (χ4v) is 2.86. The number of hydrogen-bond donors (Lipinski definition) is 1. The third-order valence-corrected chi connectivity index (χ3v) is 4.19. The van der Waals surface area contributed by atoms with Gasteiger partial charge in [-0.05, 0) is 19.1 Å². The van der Waals surface area contributed by atoms with Crippen LogP contribution in [-0.2, 0) is 29.0 Å². The van der Waals surface area contributed by atoms with Crippen LogP contribution in [0.4, 0.5) is 19.3 Å². The molecule has 2 aromatic rings. The number of nitrogens with one attached hydrogen (secondary N) is 1. The van der Waals surface area contributed by atoms with E-state index in [1.807, 2.05) is 0 Å². The van der Waals surface area contributed by atoms with Crippen LogP contribution in [0.3, 0.4) is 0 Å². The first-order chi connectivity index (χ1) is 13.4. The van der Waals surface area contributed by atoms with Crippen molar-refractivity contribution in [3.63, 3.8) is 0 Å². The molecule has 1 aromatic carbocycles. The molecule has 0 spiro atoms. The molecule has 8 nitrogen and oxygen atoms in total. The van der Waals surface area contributed by atoms with Crippen LogP contribution in [0.2, 0.25) is 0 Å². The first-order valence-electron chi connectivity index (χ1n) is 8.64. The number of halogens is 2. The predicted molar refractivity (Wildman–Crippen MR) is 94.6 cm³/mol. The van der Waals surface area contributed by atoms with Gasteiger partial charge in [-0.1, -0.05) is 6.07 Å². The number of aromatic nitrogens is 2. The molecule has 28 heavy (non-hydrogen) atoms. The smallest absolute Gasteiger partial charge is 0.410 e. The number of para-hydroxylation sites is 1. The van der Waals surface area contributed by atoms with E-state index < -0.39 is 41.4 Å². The van der Waals surface area contributed by atoms with Crippen LogP contribution in [0, 0.1) is 11.6 Å². The molecule has 148 valence electrons. The normalized spacial score (nSPS) is 13.0. The number of amides is 2. The number of carbonyl (C=O) groups excluding carboxylic acids is 2. The van der Waals surface area contributed by atoms with Crippen molar-refractivity contribution in [2.24, 2.45) is 0 Å². The molecule has 2 heterocycles. The lowest BCUT2D eigenvalue weighted by molar-refractivity contribution is -0.117. The summed E-state index contributed by atoms with van der Waals surface area (Å²) in [7, 11) is 0. The Morgan fingerprint density at radius 1 is 1.29 bits per heavy atom. The largest absolute Gasteiger partial charge is 0.450 e. The fourth-order valence-electron chi connectivity index (χ4n) is 2.86. The summed E-state index contributed by atoms with van der Waals surface area (Å²) in [6.45, 7) is 2.00. The SMILES string of the molecule is CCOC(=O)N1CCc2nn(CC(=O)Nc3c(F)cccc3F)c(=O)cc2C1. The Bertz CT molecular complexity index is 956. The predicted octanol–water partition coefficient (Wildman–Crippen LogP) is 1.67. The monoisotopic (exact) mass is 392 g/mol. The Kier molecular flexibility index (Phi) is 5.67. The maximum absolute atomic E-state index is 13.6. The molecule has 1 aliphatic rings. The number of fused-ring (bicyclic) bond motifs is 1. The van der Waals surface area contributed by atoms with Gasteiger partial charge in [-0.15, -0.1) is 0 Å². The molecular formula is C18H18F2N4O4. The molecule has 1 aliphatic heterocycles. The standard InChI is InChI=1S/C18H18F2N4O4/c1-2-28-18(27)23-7-6-14-11(9-23)8-16(26)24(22-14)10-15(25)21-17-12(19)4-3-5-13(17)20/h3-5,8H,2,6-7,9-10H2,1H3,(H,21,25). The molecule has 0 unspecified atom stereocenters. The zero-order chi connectivity index (χ0) is 20.3. The minimum Gasteiger partial charge on any atom is -0.450 e. The summed E-state index contributed by atoms with van der Waals surface area (Å²) in [5, 5.41) is 6.27. The summed E-state index contributed by atoms with van der Waals surface area (Å²) in [5.74, 6) is -2.63. The summed E-state index contributed by atoms with van der Waals surface area (Å²) in [6.07, 6.45) is -0.0820. The van der Waals surface area contributed by atoms with E-state index in [9.17, 15) is 23.2 Å². The van der Waals surface area contributed by atoms with Crippen LogP contribution in [0.5, 0.6) is 0 Å². The zero-order valence-corrected chi connectivity index (χ0v) is 15.1. The molecule has 0 atom stereocenters. The number of rotatable bonds is 4. The zero-order valence-electron chi connectivity index (χ0n) is 15.1. The van der Waals surface area contributed by atoms with Crippen LogP contribution in [-0.4, -0.2) is 39.8 Å². The average molecular weight is 392 g/mol. The molecule has 0 saturated carbocycles. The molecule has 2 amide bonds. The number of hydrogen-bond acceptors (Lipinski definition) is 5. The Balaban J connectivity index is 1.74. The molecule has 1 N–H and O–H groups in total. The van der Waals surface area contributed by atoms with E-state index in [-0.39, 0.29) is 13.2 Å². The topological polar surface area (TPSA) is 93.5 Å². The van der Waals surface area contributed by atoms with Gasteiger partial charge in [0.15, 0.2) is 0 Å². The second-order valence-corrected chi connectivity index (χ2v) is 6.13. The van der Waals surface area contributed by atoms with Crippen LogP contribution in [0.1, 0.15) is 18.2 Å². The van der Waals surface area contributed by atoms with E-state index >= 15 is 0 Å². The number of nitrogens with zero attached hydrogens (tertiary/aromatic N) is 3. The van der Waals surface area contributed by atoms with Gasteiger partial charge < -0.3 is 15.0 Å². The van der Waals surface area contributed by atoms with E-state index in [4.69, 9.17) is 4.74 Å².